The summed E-state index contributed by atoms with van der Waals surface area (Å²) in [5.74, 6) is 0.0567. The van der Waals surface area contributed by atoms with Crippen molar-refractivity contribution in [3.05, 3.63) is 76.1 Å². The number of benzene rings is 2. The molecule has 3 saturated heterocycles. The Balaban J connectivity index is 1.03. The predicted molar refractivity (Wildman–Crippen MR) is 162 cm³/mol. The number of piperazine rings is 1. The van der Waals surface area contributed by atoms with E-state index >= 15 is 0 Å². The summed E-state index contributed by atoms with van der Waals surface area (Å²) in [5, 5.41) is 3.46. The Morgan fingerprint density at radius 3 is 2.49 bits per heavy atom. The molecule has 2 aromatic carbocycles. The van der Waals surface area contributed by atoms with Gasteiger partial charge in [-0.25, -0.2) is 4.39 Å². The molecule has 0 radical (unpaired) electrons. The van der Waals surface area contributed by atoms with E-state index in [0.717, 1.165) is 77.1 Å². The van der Waals surface area contributed by atoms with Gasteiger partial charge in [0.2, 0.25) is 0 Å². The number of hydrogen-bond donors (Lipinski definition) is 1. The largest absolute Gasteiger partial charge is 0.330 e. The molecule has 1 amide bonds. The lowest BCUT2D eigenvalue weighted by molar-refractivity contribution is 0.0674. The van der Waals surface area contributed by atoms with Gasteiger partial charge in [-0.2, -0.15) is 0 Å². The molecule has 1 aliphatic carbocycles. The van der Waals surface area contributed by atoms with Crippen LogP contribution in [0.2, 0.25) is 0 Å². The van der Waals surface area contributed by atoms with Crippen molar-refractivity contribution in [3.63, 3.8) is 0 Å². The van der Waals surface area contributed by atoms with Crippen LogP contribution in [-0.4, -0.2) is 71.5 Å². The molecular formula is C35H45FN4O. The third-order valence-corrected chi connectivity index (χ3v) is 10.6. The molecule has 1 N–H and O–H groups in total. The van der Waals surface area contributed by atoms with Gasteiger partial charge in [-0.1, -0.05) is 43.7 Å². The lowest BCUT2D eigenvalue weighted by Gasteiger charge is -2.43. The van der Waals surface area contributed by atoms with Crippen LogP contribution < -0.4 is 5.32 Å². The summed E-state index contributed by atoms with van der Waals surface area (Å²) in [6, 6.07) is 15.3. The maximum absolute atomic E-state index is 13.7. The van der Waals surface area contributed by atoms with E-state index in [0.29, 0.717) is 18.1 Å². The van der Waals surface area contributed by atoms with Crippen molar-refractivity contribution < 1.29 is 9.18 Å². The Bertz CT molecular complexity index is 1310. The highest BCUT2D eigenvalue weighted by Gasteiger charge is 2.41. The number of amides is 1. The number of carbonyl (C=O) groups excluding carboxylic acids is 1. The molecule has 5 nitrogen and oxygen atoms in total. The van der Waals surface area contributed by atoms with Crippen LogP contribution in [0.25, 0.3) is 5.57 Å². The number of carbonyl (C=O) groups is 1. The van der Waals surface area contributed by atoms with Crippen LogP contribution in [0.4, 0.5) is 4.39 Å². The summed E-state index contributed by atoms with van der Waals surface area (Å²) in [4.78, 5) is 20.7. The Kier molecular flexibility index (Phi) is 7.29. The lowest BCUT2D eigenvalue weighted by atomic mass is 9.72. The number of nitrogens with one attached hydrogen (secondary N) is 1. The lowest BCUT2D eigenvalue weighted by Crippen LogP contribution is -2.53. The molecule has 0 aromatic heterocycles. The Morgan fingerprint density at radius 1 is 0.976 bits per heavy atom. The fourth-order valence-corrected chi connectivity index (χ4v) is 8.30. The second-order valence-corrected chi connectivity index (χ2v) is 14.1. The molecule has 5 aliphatic rings. The first-order chi connectivity index (χ1) is 19.8. The summed E-state index contributed by atoms with van der Waals surface area (Å²) < 4.78 is 13.7. The molecule has 41 heavy (non-hydrogen) atoms. The highest BCUT2D eigenvalue weighted by molar-refractivity contribution is 5.98. The molecule has 218 valence electrons. The minimum absolute atomic E-state index is 0.158. The van der Waals surface area contributed by atoms with E-state index in [1.807, 2.05) is 12.1 Å². The maximum Gasteiger partial charge on any atom is 0.254 e. The van der Waals surface area contributed by atoms with Crippen LogP contribution in [0, 0.1) is 11.2 Å². The van der Waals surface area contributed by atoms with Gasteiger partial charge in [0.1, 0.15) is 5.82 Å². The third kappa shape index (κ3) is 5.51. The van der Waals surface area contributed by atoms with Gasteiger partial charge in [0.15, 0.2) is 0 Å². The highest BCUT2D eigenvalue weighted by atomic mass is 19.1. The van der Waals surface area contributed by atoms with Crippen molar-refractivity contribution in [2.75, 3.05) is 32.7 Å². The molecule has 3 atom stereocenters. The normalized spacial score (nSPS) is 28.4. The minimum Gasteiger partial charge on any atom is -0.330 e. The number of piperidine rings is 1. The van der Waals surface area contributed by atoms with Gasteiger partial charge in [0.05, 0.1) is 0 Å². The van der Waals surface area contributed by atoms with Crippen LogP contribution in [0.5, 0.6) is 0 Å². The van der Waals surface area contributed by atoms with E-state index in [-0.39, 0.29) is 17.1 Å². The molecule has 3 unspecified atom stereocenters. The number of likely N-dealkylation sites (tertiary alicyclic amines) is 1. The zero-order chi connectivity index (χ0) is 28.1. The molecule has 6 heteroatoms. The summed E-state index contributed by atoms with van der Waals surface area (Å²) in [6.07, 6.45) is 8.22. The fourth-order valence-electron chi connectivity index (χ4n) is 8.30. The molecule has 2 aromatic rings. The van der Waals surface area contributed by atoms with Gasteiger partial charge in [-0.05, 0) is 97.4 Å². The number of fused-ring (bicyclic) bond motifs is 3. The number of rotatable bonds is 6. The molecule has 3 fully saturated rings. The second-order valence-electron chi connectivity index (χ2n) is 14.1. The SMILES string of the molecule is CC1(C)CCC(CN2C3CCC2CN(Cc2ccc4c(c2)CN(C2CCCNC2)C4=O)C3)=C(c2ccc(F)cc2)C1. The summed E-state index contributed by atoms with van der Waals surface area (Å²) in [5.41, 5.74) is 7.97. The standard InChI is InChI=1S/C35H45FN4O/c1-35(2)14-13-26(33(17-35)25-6-8-28(36)9-7-25)20-39-30-10-11-31(39)23-38(22-30)19-24-5-12-32-27(16-24)21-40(34(32)41)29-4-3-15-37-18-29/h5-9,12,16,29-31,37H,3-4,10-11,13-15,17-23H2,1-2H3. The topological polar surface area (TPSA) is 38.8 Å². The monoisotopic (exact) mass is 556 g/mol. The molecule has 4 heterocycles. The molecule has 4 aliphatic heterocycles. The first-order valence-electron chi connectivity index (χ1n) is 15.9. The van der Waals surface area contributed by atoms with Crippen molar-refractivity contribution in [1.82, 2.24) is 20.0 Å². The number of nitrogens with zero attached hydrogens (tertiary/aromatic N) is 3. The van der Waals surface area contributed by atoms with Gasteiger partial charge in [0.25, 0.3) is 5.91 Å². The zero-order valence-electron chi connectivity index (χ0n) is 24.8. The van der Waals surface area contributed by atoms with Crippen LogP contribution in [0.1, 0.15) is 85.8 Å². The Morgan fingerprint density at radius 2 is 1.76 bits per heavy atom. The van der Waals surface area contributed by atoms with E-state index in [2.05, 4.69) is 52.1 Å². The van der Waals surface area contributed by atoms with Crippen molar-refractivity contribution in [1.29, 1.82) is 0 Å². The summed E-state index contributed by atoms with van der Waals surface area (Å²) in [6.45, 7) is 11.7. The molecule has 0 saturated carbocycles. The van der Waals surface area contributed by atoms with Crippen LogP contribution >= 0.6 is 0 Å². The van der Waals surface area contributed by atoms with Gasteiger partial charge in [-0.15, -0.1) is 0 Å². The third-order valence-electron chi connectivity index (χ3n) is 10.6. The van der Waals surface area contributed by atoms with Gasteiger partial charge in [0, 0.05) is 63.0 Å². The van der Waals surface area contributed by atoms with Crippen molar-refractivity contribution in [3.8, 4) is 0 Å². The van der Waals surface area contributed by atoms with Gasteiger partial charge in [-0.3, -0.25) is 14.6 Å². The average molecular weight is 557 g/mol. The van der Waals surface area contributed by atoms with E-state index < -0.39 is 0 Å². The number of allylic oxidation sites excluding steroid dienone is 1. The van der Waals surface area contributed by atoms with E-state index in [1.54, 1.807) is 17.7 Å². The first-order valence-corrected chi connectivity index (χ1v) is 15.9. The smallest absolute Gasteiger partial charge is 0.254 e. The van der Waals surface area contributed by atoms with Crippen LogP contribution in [-0.2, 0) is 13.1 Å². The Labute approximate surface area is 244 Å². The average Bonchev–Trinajstić information content (AvgIpc) is 3.41. The predicted octanol–water partition coefficient (Wildman–Crippen LogP) is 5.85. The van der Waals surface area contributed by atoms with Crippen LogP contribution in [0.3, 0.4) is 0 Å². The summed E-state index contributed by atoms with van der Waals surface area (Å²) in [7, 11) is 0. The molecular weight excluding hydrogens is 511 g/mol. The van der Waals surface area contributed by atoms with E-state index in [4.69, 9.17) is 0 Å². The van der Waals surface area contributed by atoms with Gasteiger partial charge < -0.3 is 10.2 Å². The fraction of sp³-hybridized carbons (Fsp3) is 0.571. The molecule has 0 spiro atoms. The van der Waals surface area contributed by atoms with E-state index in [1.165, 1.54) is 41.5 Å². The van der Waals surface area contributed by atoms with Crippen LogP contribution in [0.15, 0.2) is 48.0 Å². The molecule has 2 bridgehead atoms. The molecule has 7 rings (SSSR count). The Hall–Kier alpha value is -2.54. The number of halogens is 1. The maximum atomic E-state index is 13.7. The van der Waals surface area contributed by atoms with E-state index in [9.17, 15) is 9.18 Å². The van der Waals surface area contributed by atoms with Gasteiger partial charge >= 0.3 is 0 Å². The van der Waals surface area contributed by atoms with Crippen molar-refractivity contribution in [2.45, 2.75) is 90.0 Å². The quantitative estimate of drug-likeness (QED) is 0.485. The highest BCUT2D eigenvalue weighted by Crippen LogP contribution is 2.44. The first kappa shape index (κ1) is 27.3. The van der Waals surface area contributed by atoms with Crippen molar-refractivity contribution in [2.24, 2.45) is 5.41 Å². The van der Waals surface area contributed by atoms with Crippen molar-refractivity contribution >= 4 is 11.5 Å². The number of hydrogen-bond acceptors (Lipinski definition) is 4. The second kappa shape index (κ2) is 10.9. The minimum atomic E-state index is -0.158. The summed E-state index contributed by atoms with van der Waals surface area (Å²) >= 11 is 0. The zero-order valence-corrected chi connectivity index (χ0v) is 24.8.